The number of carboxylic acids is 1. The van der Waals surface area contributed by atoms with E-state index in [9.17, 15) is 23.5 Å². The largest absolute Gasteiger partial charge is 0.586 e. The van der Waals surface area contributed by atoms with Crippen LogP contribution in [-0.2, 0) is 16.6 Å². The van der Waals surface area contributed by atoms with Gasteiger partial charge in [0.05, 0.1) is 12.5 Å². The molecule has 6 nitrogen and oxygen atoms in total. The monoisotopic (exact) mass is 480 g/mol. The summed E-state index contributed by atoms with van der Waals surface area (Å²) in [5, 5.41) is 9.34. The number of benzene rings is 3. The number of fused-ring (bicyclic) bond motifs is 1. The van der Waals surface area contributed by atoms with Crippen molar-refractivity contribution in [2.45, 2.75) is 37.9 Å². The summed E-state index contributed by atoms with van der Waals surface area (Å²) in [6, 6.07) is 15.1. The number of hydrogen-bond donors (Lipinski definition) is 1. The Balaban J connectivity index is 1.41. The van der Waals surface area contributed by atoms with Gasteiger partial charge in [-0.15, -0.1) is 8.78 Å². The third kappa shape index (κ3) is 4.09. The number of alkyl halides is 2. The van der Waals surface area contributed by atoms with Crippen LogP contribution >= 0.6 is 0 Å². The second-order valence-electron chi connectivity index (χ2n) is 8.88. The molecule has 0 amide bonds. The Hall–Kier alpha value is -3.94. The first-order valence-electron chi connectivity index (χ1n) is 11.1. The lowest BCUT2D eigenvalue weighted by Gasteiger charge is -2.16. The van der Waals surface area contributed by atoms with Crippen molar-refractivity contribution in [2.24, 2.45) is 0 Å². The van der Waals surface area contributed by atoms with E-state index in [2.05, 4.69) is 9.47 Å². The van der Waals surface area contributed by atoms with E-state index in [1.807, 2.05) is 25.1 Å². The Morgan fingerprint density at radius 3 is 2.43 bits per heavy atom. The molecule has 0 unspecified atom stereocenters. The summed E-state index contributed by atoms with van der Waals surface area (Å²) in [5.74, 6) is -0.943. The summed E-state index contributed by atoms with van der Waals surface area (Å²) >= 11 is 0. The third-order valence-electron chi connectivity index (χ3n) is 6.65. The first kappa shape index (κ1) is 22.8. The van der Waals surface area contributed by atoms with Crippen molar-refractivity contribution >= 4 is 11.8 Å². The van der Waals surface area contributed by atoms with Crippen LogP contribution in [0.2, 0.25) is 0 Å². The molecule has 0 aromatic heterocycles. The molecule has 8 heteroatoms. The molecule has 0 atom stereocenters. The van der Waals surface area contributed by atoms with Gasteiger partial charge in [-0.05, 0) is 71.8 Å². The quantitative estimate of drug-likeness (QED) is 0.479. The van der Waals surface area contributed by atoms with E-state index in [1.165, 1.54) is 25.3 Å². The molecule has 1 N–H and O–H groups in total. The lowest BCUT2D eigenvalue weighted by Crippen LogP contribution is -2.26. The molecule has 1 heterocycles. The highest BCUT2D eigenvalue weighted by atomic mass is 19.3. The summed E-state index contributed by atoms with van der Waals surface area (Å²) < 4.78 is 41.1. The maximum Gasteiger partial charge on any atom is 0.586 e. The number of aromatic carboxylic acids is 1. The van der Waals surface area contributed by atoms with E-state index in [0.717, 1.165) is 22.3 Å². The predicted octanol–water partition coefficient (Wildman–Crippen LogP) is 5.53. The minimum atomic E-state index is -3.70. The lowest BCUT2D eigenvalue weighted by atomic mass is 9.86. The predicted molar refractivity (Wildman–Crippen MR) is 122 cm³/mol. The summed E-state index contributed by atoms with van der Waals surface area (Å²) in [5.41, 5.74) is 3.38. The van der Waals surface area contributed by atoms with Gasteiger partial charge in [0.1, 0.15) is 17.1 Å². The zero-order chi connectivity index (χ0) is 25.0. The maximum atomic E-state index is 13.4. The third-order valence-corrected chi connectivity index (χ3v) is 6.65. The number of methoxy groups -OCH3 is 1. The number of ketones is 1. The smallest absolute Gasteiger partial charge is 0.496 e. The molecule has 180 valence electrons. The van der Waals surface area contributed by atoms with Gasteiger partial charge in [0.2, 0.25) is 0 Å². The number of halogens is 2. The van der Waals surface area contributed by atoms with Gasteiger partial charge in [0.15, 0.2) is 11.5 Å². The Kier molecular flexibility index (Phi) is 5.27. The number of carbonyl (C=O) groups excluding carboxylic acids is 1. The van der Waals surface area contributed by atoms with Crippen molar-refractivity contribution in [3.63, 3.8) is 0 Å². The maximum absolute atomic E-state index is 13.4. The summed E-state index contributed by atoms with van der Waals surface area (Å²) in [6.07, 6.45) is -2.27. The van der Waals surface area contributed by atoms with Crippen molar-refractivity contribution in [1.82, 2.24) is 0 Å². The van der Waals surface area contributed by atoms with Crippen LogP contribution in [0.15, 0.2) is 54.6 Å². The number of rotatable bonds is 7. The number of carboxylic acid groups (broad SMARTS) is 1. The topological polar surface area (TPSA) is 82.1 Å². The van der Waals surface area contributed by atoms with Crippen LogP contribution < -0.4 is 14.2 Å². The number of aryl methyl sites for hydroxylation is 1. The normalized spacial score (nSPS) is 16.6. The molecule has 1 aliphatic carbocycles. The molecule has 2 aliphatic rings. The average Bonchev–Trinajstić information content (AvgIpc) is 3.56. The molecule has 5 rings (SSSR count). The van der Waals surface area contributed by atoms with Crippen molar-refractivity contribution in [1.29, 1.82) is 0 Å². The number of ether oxygens (including phenoxy) is 3. The van der Waals surface area contributed by atoms with Crippen LogP contribution in [0, 0.1) is 6.92 Å². The zero-order valence-corrected chi connectivity index (χ0v) is 19.1. The fourth-order valence-electron chi connectivity index (χ4n) is 4.58. The van der Waals surface area contributed by atoms with E-state index in [4.69, 9.17) is 4.74 Å². The second-order valence-corrected chi connectivity index (χ2v) is 8.88. The Morgan fingerprint density at radius 2 is 1.74 bits per heavy atom. The van der Waals surface area contributed by atoms with Gasteiger partial charge in [0, 0.05) is 6.42 Å². The fraction of sp³-hybridized carbons (Fsp3) is 0.259. The molecule has 1 aliphatic heterocycles. The van der Waals surface area contributed by atoms with Crippen LogP contribution in [0.3, 0.4) is 0 Å². The molecular formula is C27H22F2O6. The highest BCUT2D eigenvalue weighted by Crippen LogP contribution is 2.52. The van der Waals surface area contributed by atoms with Gasteiger partial charge in [-0.3, -0.25) is 4.79 Å². The number of hydrogen-bond acceptors (Lipinski definition) is 5. The van der Waals surface area contributed by atoms with E-state index in [0.29, 0.717) is 18.4 Å². The van der Waals surface area contributed by atoms with Crippen molar-refractivity contribution in [3.8, 4) is 28.4 Å². The Labute approximate surface area is 200 Å². The summed E-state index contributed by atoms with van der Waals surface area (Å²) in [6.45, 7) is 1.93. The van der Waals surface area contributed by atoms with Gasteiger partial charge in [0.25, 0.3) is 0 Å². The number of carbonyl (C=O) groups is 2. The first-order valence-corrected chi connectivity index (χ1v) is 11.1. The highest BCUT2D eigenvalue weighted by molar-refractivity contribution is 5.95. The van der Waals surface area contributed by atoms with Gasteiger partial charge in [-0.1, -0.05) is 30.3 Å². The molecule has 0 saturated heterocycles. The first-order chi connectivity index (χ1) is 16.6. The minimum Gasteiger partial charge on any atom is -0.496 e. The van der Waals surface area contributed by atoms with Gasteiger partial charge < -0.3 is 19.3 Å². The molecule has 0 spiro atoms. The van der Waals surface area contributed by atoms with Crippen molar-refractivity contribution in [3.05, 3.63) is 76.9 Å². The van der Waals surface area contributed by atoms with Crippen LogP contribution in [0.4, 0.5) is 8.78 Å². The standard InChI is InChI=1S/C27H22F2O6/c1-15-3-4-16(11-20(15)17-5-7-19(25(31)32)22(13-17)33-2)12-24(30)26(9-10-26)18-6-8-21-23(14-18)35-27(28,29)34-21/h3-8,11,13-14H,9-10,12H2,1-2H3,(H,31,32). The SMILES string of the molecule is COc1cc(-c2cc(CC(=O)C3(c4ccc5c(c4)OC(F)(F)O5)CC3)ccc2C)ccc1C(=O)O. The van der Waals surface area contributed by atoms with E-state index in [-0.39, 0.29) is 35.0 Å². The fourth-order valence-corrected chi connectivity index (χ4v) is 4.58. The van der Waals surface area contributed by atoms with Crippen molar-refractivity contribution < 1.29 is 37.7 Å². The van der Waals surface area contributed by atoms with E-state index in [1.54, 1.807) is 18.2 Å². The van der Waals surface area contributed by atoms with Crippen LogP contribution in [0.25, 0.3) is 11.1 Å². The van der Waals surface area contributed by atoms with Gasteiger partial charge in [-0.2, -0.15) is 0 Å². The molecule has 1 fully saturated rings. The summed E-state index contributed by atoms with van der Waals surface area (Å²) in [4.78, 5) is 24.8. The number of Topliss-reactive ketones (excluding diaryl/α,β-unsaturated/α-hetero) is 1. The second kappa shape index (κ2) is 8.08. The molecule has 1 saturated carbocycles. The molecular weight excluding hydrogens is 458 g/mol. The van der Waals surface area contributed by atoms with Crippen LogP contribution in [0.1, 0.15) is 39.9 Å². The van der Waals surface area contributed by atoms with E-state index < -0.39 is 17.7 Å². The van der Waals surface area contributed by atoms with Gasteiger partial charge >= 0.3 is 12.3 Å². The molecule has 3 aromatic carbocycles. The molecule has 3 aromatic rings. The van der Waals surface area contributed by atoms with Crippen molar-refractivity contribution in [2.75, 3.05) is 7.11 Å². The molecule has 0 radical (unpaired) electrons. The average molecular weight is 480 g/mol. The van der Waals surface area contributed by atoms with Crippen LogP contribution in [0.5, 0.6) is 17.2 Å². The Bertz CT molecular complexity index is 1360. The zero-order valence-electron chi connectivity index (χ0n) is 19.1. The van der Waals surface area contributed by atoms with Gasteiger partial charge in [-0.25, -0.2) is 4.79 Å². The highest BCUT2D eigenvalue weighted by Gasteiger charge is 2.52. The molecule has 35 heavy (non-hydrogen) atoms. The minimum absolute atomic E-state index is 0.00302. The summed E-state index contributed by atoms with van der Waals surface area (Å²) in [7, 11) is 1.42. The molecule has 0 bridgehead atoms. The Morgan fingerprint density at radius 1 is 1.00 bits per heavy atom. The van der Waals surface area contributed by atoms with Crippen LogP contribution in [-0.4, -0.2) is 30.3 Å². The lowest BCUT2D eigenvalue weighted by molar-refractivity contribution is -0.286. The van der Waals surface area contributed by atoms with E-state index >= 15 is 0 Å².